The van der Waals surface area contributed by atoms with Gasteiger partial charge in [-0.3, -0.25) is 10.1 Å². The van der Waals surface area contributed by atoms with Crippen LogP contribution >= 0.6 is 0 Å². The number of hydrogen-bond donors (Lipinski definition) is 3. The molecule has 0 aromatic heterocycles. The Morgan fingerprint density at radius 2 is 2.18 bits per heavy atom. The molecule has 0 heterocycles. The van der Waals surface area contributed by atoms with Crippen molar-refractivity contribution in [1.82, 2.24) is 5.32 Å². The van der Waals surface area contributed by atoms with Gasteiger partial charge in [0.25, 0.3) is 5.91 Å². The van der Waals surface area contributed by atoms with Gasteiger partial charge in [-0.25, -0.2) is 4.79 Å². The van der Waals surface area contributed by atoms with Gasteiger partial charge in [0.1, 0.15) is 11.8 Å². The maximum Gasteiger partial charge on any atom is 0.318 e. The quantitative estimate of drug-likeness (QED) is 0.618. The van der Waals surface area contributed by atoms with E-state index in [1.165, 1.54) is 18.2 Å². The number of benzene rings is 1. The van der Waals surface area contributed by atoms with Crippen molar-refractivity contribution < 1.29 is 14.3 Å². The number of nitriles is 1. The van der Waals surface area contributed by atoms with Gasteiger partial charge in [0.15, 0.2) is 6.61 Å². The molecule has 1 aromatic carbocycles. The highest BCUT2D eigenvalue weighted by Crippen LogP contribution is 2.20. The van der Waals surface area contributed by atoms with Crippen LogP contribution in [0.15, 0.2) is 18.2 Å². The van der Waals surface area contributed by atoms with Crippen molar-refractivity contribution in [3.05, 3.63) is 23.8 Å². The first-order chi connectivity index (χ1) is 8.02. The maximum atomic E-state index is 11.0. The van der Waals surface area contributed by atoms with Crippen LogP contribution in [-0.2, 0) is 4.79 Å². The SMILES string of the molecule is N#Cc1cc(N)ccc1OCC(=O)NC(N)=O. The van der Waals surface area contributed by atoms with Crippen LogP contribution in [0.4, 0.5) is 10.5 Å². The van der Waals surface area contributed by atoms with Crippen molar-refractivity contribution in [2.45, 2.75) is 0 Å². The molecule has 1 rings (SSSR count). The van der Waals surface area contributed by atoms with Crippen LogP contribution in [0.25, 0.3) is 0 Å². The van der Waals surface area contributed by atoms with E-state index in [0.29, 0.717) is 5.69 Å². The van der Waals surface area contributed by atoms with Gasteiger partial charge in [-0.05, 0) is 18.2 Å². The fraction of sp³-hybridized carbons (Fsp3) is 0.100. The molecule has 0 aliphatic carbocycles. The molecule has 0 bridgehead atoms. The topological polar surface area (TPSA) is 131 Å². The maximum absolute atomic E-state index is 11.0. The number of rotatable bonds is 3. The summed E-state index contributed by atoms with van der Waals surface area (Å²) in [6.45, 7) is -0.415. The predicted octanol–water partition coefficient (Wildman–Crippen LogP) is -0.286. The van der Waals surface area contributed by atoms with Crippen molar-refractivity contribution in [3.8, 4) is 11.8 Å². The molecule has 0 atom stereocenters. The smallest absolute Gasteiger partial charge is 0.318 e. The third-order valence-electron chi connectivity index (χ3n) is 1.75. The molecule has 0 aliphatic rings. The molecule has 3 amide bonds. The minimum atomic E-state index is -0.962. The predicted molar refractivity (Wildman–Crippen MR) is 58.8 cm³/mol. The molecule has 7 heteroatoms. The summed E-state index contributed by atoms with van der Waals surface area (Å²) in [6.07, 6.45) is 0. The molecule has 0 spiro atoms. The van der Waals surface area contributed by atoms with Gasteiger partial charge in [-0.15, -0.1) is 0 Å². The first-order valence-corrected chi connectivity index (χ1v) is 4.54. The Morgan fingerprint density at radius 3 is 2.76 bits per heavy atom. The second kappa shape index (κ2) is 5.37. The van der Waals surface area contributed by atoms with Crippen LogP contribution in [0, 0.1) is 11.3 Å². The zero-order valence-corrected chi connectivity index (χ0v) is 8.77. The van der Waals surface area contributed by atoms with Gasteiger partial charge in [0, 0.05) is 5.69 Å². The third kappa shape index (κ3) is 3.71. The normalized spacial score (nSPS) is 9.12. The minimum Gasteiger partial charge on any atom is -0.482 e. The Morgan fingerprint density at radius 1 is 1.47 bits per heavy atom. The summed E-state index contributed by atoms with van der Waals surface area (Å²) in [5, 5.41) is 10.6. The number of urea groups is 1. The van der Waals surface area contributed by atoms with E-state index in [1.54, 1.807) is 0 Å². The highest BCUT2D eigenvalue weighted by atomic mass is 16.5. The van der Waals surface area contributed by atoms with E-state index in [9.17, 15) is 9.59 Å². The summed E-state index contributed by atoms with van der Waals surface area (Å²) in [5.74, 6) is -0.487. The second-order valence-electron chi connectivity index (χ2n) is 3.07. The molecule has 0 fully saturated rings. The van der Waals surface area contributed by atoms with E-state index in [4.69, 9.17) is 21.5 Å². The summed E-state index contributed by atoms with van der Waals surface area (Å²) < 4.78 is 5.05. The van der Waals surface area contributed by atoms with E-state index in [-0.39, 0.29) is 11.3 Å². The van der Waals surface area contributed by atoms with Gasteiger partial charge in [-0.2, -0.15) is 5.26 Å². The molecule has 5 N–H and O–H groups in total. The van der Waals surface area contributed by atoms with Gasteiger partial charge in [0.2, 0.25) is 0 Å². The van der Waals surface area contributed by atoms with E-state index < -0.39 is 18.5 Å². The average Bonchev–Trinajstić information content (AvgIpc) is 2.26. The van der Waals surface area contributed by atoms with Crippen LogP contribution in [0.3, 0.4) is 0 Å². The Hall–Kier alpha value is -2.75. The summed E-state index contributed by atoms with van der Waals surface area (Å²) in [6, 6.07) is 5.32. The highest BCUT2D eigenvalue weighted by Gasteiger charge is 2.08. The summed E-state index contributed by atoms with van der Waals surface area (Å²) in [4.78, 5) is 21.4. The van der Waals surface area contributed by atoms with E-state index in [2.05, 4.69) is 0 Å². The molecular weight excluding hydrogens is 224 g/mol. The fourth-order valence-corrected chi connectivity index (χ4v) is 1.08. The highest BCUT2D eigenvalue weighted by molar-refractivity contribution is 5.94. The Bertz CT molecular complexity index is 493. The average molecular weight is 234 g/mol. The largest absolute Gasteiger partial charge is 0.482 e. The number of nitrogens with two attached hydrogens (primary N) is 2. The second-order valence-corrected chi connectivity index (χ2v) is 3.07. The number of nitrogens with zero attached hydrogens (tertiary/aromatic N) is 1. The van der Waals surface area contributed by atoms with Crippen LogP contribution in [0.1, 0.15) is 5.56 Å². The summed E-state index contributed by atoms with van der Waals surface area (Å²) in [5.41, 5.74) is 10.8. The summed E-state index contributed by atoms with van der Waals surface area (Å²) >= 11 is 0. The lowest BCUT2D eigenvalue weighted by molar-refractivity contribution is -0.121. The van der Waals surface area contributed by atoms with Gasteiger partial charge in [-0.1, -0.05) is 0 Å². The van der Waals surface area contributed by atoms with E-state index in [0.717, 1.165) is 0 Å². The number of carbonyl (C=O) groups is 2. The minimum absolute atomic E-state index is 0.205. The van der Waals surface area contributed by atoms with Crippen LogP contribution in [-0.4, -0.2) is 18.5 Å². The lowest BCUT2D eigenvalue weighted by Gasteiger charge is -2.07. The Labute approximate surface area is 96.9 Å². The van der Waals surface area contributed by atoms with Crippen LogP contribution in [0.2, 0.25) is 0 Å². The number of amides is 3. The summed E-state index contributed by atoms with van der Waals surface area (Å²) in [7, 11) is 0. The number of nitrogens with one attached hydrogen (secondary N) is 1. The molecule has 0 saturated carbocycles. The molecule has 0 unspecified atom stereocenters. The number of primary amides is 1. The first kappa shape index (κ1) is 12.3. The monoisotopic (exact) mass is 234 g/mol. The number of hydrogen-bond acceptors (Lipinski definition) is 5. The molecule has 0 saturated heterocycles. The number of anilines is 1. The van der Waals surface area contributed by atoms with E-state index in [1.807, 2.05) is 11.4 Å². The number of nitrogen functional groups attached to an aromatic ring is 1. The molecule has 17 heavy (non-hydrogen) atoms. The van der Waals surface area contributed by atoms with Gasteiger partial charge >= 0.3 is 6.03 Å². The van der Waals surface area contributed by atoms with Crippen LogP contribution in [0.5, 0.6) is 5.75 Å². The zero-order chi connectivity index (χ0) is 12.8. The van der Waals surface area contributed by atoms with Crippen molar-refractivity contribution in [2.75, 3.05) is 12.3 Å². The molecule has 1 aromatic rings. The molecule has 0 radical (unpaired) electrons. The number of carbonyl (C=O) groups excluding carboxylic acids is 2. The Balaban J connectivity index is 2.67. The number of imide groups is 1. The van der Waals surface area contributed by atoms with Crippen molar-refractivity contribution in [2.24, 2.45) is 5.73 Å². The van der Waals surface area contributed by atoms with Crippen molar-refractivity contribution >= 4 is 17.6 Å². The van der Waals surface area contributed by atoms with Gasteiger partial charge in [0.05, 0.1) is 5.56 Å². The molecule has 0 aliphatic heterocycles. The van der Waals surface area contributed by atoms with Crippen molar-refractivity contribution in [1.29, 1.82) is 5.26 Å². The molecular formula is C10H10N4O3. The van der Waals surface area contributed by atoms with E-state index >= 15 is 0 Å². The van der Waals surface area contributed by atoms with Crippen LogP contribution < -0.4 is 21.5 Å². The molecule has 7 nitrogen and oxygen atoms in total. The first-order valence-electron chi connectivity index (χ1n) is 4.54. The van der Waals surface area contributed by atoms with Crippen molar-refractivity contribution in [3.63, 3.8) is 0 Å². The zero-order valence-electron chi connectivity index (χ0n) is 8.77. The lowest BCUT2D eigenvalue weighted by atomic mass is 10.2. The third-order valence-corrected chi connectivity index (χ3v) is 1.75. The Kier molecular flexibility index (Phi) is 3.89. The standard InChI is InChI=1S/C10H10N4O3/c11-4-6-3-7(12)1-2-8(6)17-5-9(15)14-10(13)16/h1-3H,5,12H2,(H3,13,14,15,16). The number of ether oxygens (including phenoxy) is 1. The lowest BCUT2D eigenvalue weighted by Crippen LogP contribution is -2.38. The fourth-order valence-electron chi connectivity index (χ4n) is 1.08. The molecule has 88 valence electrons. The van der Waals surface area contributed by atoms with Gasteiger partial charge < -0.3 is 16.2 Å².